The van der Waals surface area contributed by atoms with Crippen molar-refractivity contribution in [3.05, 3.63) is 53.5 Å². The number of hydrogen-bond donors (Lipinski definition) is 0. The van der Waals surface area contributed by atoms with E-state index in [4.69, 9.17) is 4.42 Å². The predicted octanol–water partition coefficient (Wildman–Crippen LogP) is 3.23. The molecule has 2 aliphatic heterocycles. The summed E-state index contributed by atoms with van der Waals surface area (Å²) in [7, 11) is 0. The van der Waals surface area contributed by atoms with E-state index in [2.05, 4.69) is 41.0 Å². The van der Waals surface area contributed by atoms with Gasteiger partial charge in [0.2, 0.25) is 0 Å². The van der Waals surface area contributed by atoms with Crippen molar-refractivity contribution in [1.82, 2.24) is 4.90 Å². The largest absolute Gasteiger partial charge is 0.468 e. The highest BCUT2D eigenvalue weighted by atomic mass is 16.3. The third-order valence-electron chi connectivity index (χ3n) is 4.82. The Morgan fingerprint density at radius 1 is 1.24 bits per heavy atom. The van der Waals surface area contributed by atoms with Gasteiger partial charge in [-0.05, 0) is 43.5 Å². The van der Waals surface area contributed by atoms with Gasteiger partial charge in [0.15, 0.2) is 0 Å². The van der Waals surface area contributed by atoms with Crippen LogP contribution in [-0.4, -0.2) is 30.6 Å². The van der Waals surface area contributed by atoms with Crippen molar-refractivity contribution >= 4 is 5.69 Å². The van der Waals surface area contributed by atoms with Crippen LogP contribution < -0.4 is 4.90 Å². The smallest absolute Gasteiger partial charge is 0.117 e. The van der Waals surface area contributed by atoms with E-state index in [1.54, 1.807) is 6.26 Å². The zero-order chi connectivity index (χ0) is 14.2. The van der Waals surface area contributed by atoms with Crippen LogP contribution in [0.15, 0.2) is 41.0 Å². The average Bonchev–Trinajstić information content (AvgIpc) is 2.99. The Hall–Kier alpha value is -1.74. The van der Waals surface area contributed by atoms with Crippen LogP contribution >= 0.6 is 0 Å². The number of furan rings is 1. The Bertz CT molecular complexity index is 620. The van der Waals surface area contributed by atoms with Gasteiger partial charge in [0.05, 0.1) is 12.8 Å². The van der Waals surface area contributed by atoms with Gasteiger partial charge in [0.25, 0.3) is 0 Å². The molecule has 1 unspecified atom stereocenters. The van der Waals surface area contributed by atoms with Gasteiger partial charge in [-0.3, -0.25) is 4.90 Å². The van der Waals surface area contributed by atoms with Crippen LogP contribution in [0.25, 0.3) is 0 Å². The number of benzene rings is 1. The average molecular weight is 282 g/mol. The van der Waals surface area contributed by atoms with Gasteiger partial charge in [0, 0.05) is 31.4 Å². The molecule has 1 aromatic carbocycles. The lowest BCUT2D eigenvalue weighted by Crippen LogP contribution is -2.54. The fourth-order valence-electron chi connectivity index (χ4n) is 3.77. The van der Waals surface area contributed by atoms with Crippen molar-refractivity contribution in [3.8, 4) is 0 Å². The van der Waals surface area contributed by atoms with Crippen LogP contribution in [0.3, 0.4) is 0 Å². The van der Waals surface area contributed by atoms with E-state index in [1.807, 2.05) is 6.07 Å². The molecule has 1 atom stereocenters. The molecule has 3 heteroatoms. The summed E-state index contributed by atoms with van der Waals surface area (Å²) in [5.41, 5.74) is 4.38. The molecule has 0 spiro atoms. The molecule has 4 rings (SSSR count). The number of piperazine rings is 1. The second-order valence-electron chi connectivity index (χ2n) is 6.33. The number of nitrogens with zero attached hydrogens (tertiary/aromatic N) is 2. The Labute approximate surface area is 126 Å². The van der Waals surface area contributed by atoms with Crippen molar-refractivity contribution < 1.29 is 4.42 Å². The quantitative estimate of drug-likeness (QED) is 0.843. The minimum Gasteiger partial charge on any atom is -0.468 e. The molecule has 1 saturated heterocycles. The van der Waals surface area contributed by atoms with Gasteiger partial charge in [-0.2, -0.15) is 0 Å². The zero-order valence-electron chi connectivity index (χ0n) is 12.6. The maximum atomic E-state index is 5.49. The third kappa shape index (κ3) is 2.46. The van der Waals surface area contributed by atoms with Crippen LogP contribution in [0.4, 0.5) is 5.69 Å². The normalized spacial score (nSPS) is 22.0. The second-order valence-corrected chi connectivity index (χ2v) is 6.33. The first-order chi connectivity index (χ1) is 10.3. The molecule has 0 amide bonds. The van der Waals surface area contributed by atoms with E-state index in [0.29, 0.717) is 6.04 Å². The van der Waals surface area contributed by atoms with E-state index < -0.39 is 0 Å². The maximum Gasteiger partial charge on any atom is 0.117 e. The topological polar surface area (TPSA) is 19.6 Å². The van der Waals surface area contributed by atoms with E-state index in [9.17, 15) is 0 Å². The molecular weight excluding hydrogens is 260 g/mol. The van der Waals surface area contributed by atoms with Gasteiger partial charge >= 0.3 is 0 Å². The van der Waals surface area contributed by atoms with Crippen molar-refractivity contribution in [3.63, 3.8) is 0 Å². The van der Waals surface area contributed by atoms with E-state index in [-0.39, 0.29) is 0 Å². The third-order valence-corrected chi connectivity index (χ3v) is 4.82. The highest BCUT2D eigenvalue weighted by Crippen LogP contribution is 2.33. The van der Waals surface area contributed by atoms with Gasteiger partial charge in [0.1, 0.15) is 5.76 Å². The molecule has 110 valence electrons. The lowest BCUT2D eigenvalue weighted by Gasteiger charge is -2.46. The molecule has 0 radical (unpaired) electrons. The summed E-state index contributed by atoms with van der Waals surface area (Å²) in [5.74, 6) is 1.08. The minimum absolute atomic E-state index is 0.656. The zero-order valence-corrected chi connectivity index (χ0v) is 12.6. The Morgan fingerprint density at radius 3 is 3.05 bits per heavy atom. The Morgan fingerprint density at radius 2 is 2.19 bits per heavy atom. The van der Waals surface area contributed by atoms with E-state index >= 15 is 0 Å². The van der Waals surface area contributed by atoms with Crippen LogP contribution in [0.5, 0.6) is 0 Å². The molecule has 3 heterocycles. The summed E-state index contributed by atoms with van der Waals surface area (Å²) in [4.78, 5) is 5.15. The highest BCUT2D eigenvalue weighted by molar-refractivity contribution is 5.58. The summed E-state index contributed by atoms with van der Waals surface area (Å²) in [6, 6.07) is 11.6. The molecule has 21 heavy (non-hydrogen) atoms. The number of rotatable bonds is 2. The number of aryl methyl sites for hydroxylation is 2. The number of hydrogen-bond acceptors (Lipinski definition) is 3. The minimum atomic E-state index is 0.656. The van der Waals surface area contributed by atoms with Crippen LogP contribution in [0.1, 0.15) is 23.3 Å². The lowest BCUT2D eigenvalue weighted by molar-refractivity contribution is 0.193. The first kappa shape index (κ1) is 13.0. The van der Waals surface area contributed by atoms with Crippen molar-refractivity contribution in [2.75, 3.05) is 24.5 Å². The standard InChI is InChI=1S/C18H22N2O/c1-14-4-7-18-15(11-14)5-6-16-12-19(8-9-20(16)18)13-17-3-2-10-21-17/h2-4,7,10-11,16H,5-6,8-9,12-13H2,1H3. The predicted molar refractivity (Wildman–Crippen MR) is 84.6 cm³/mol. The fraction of sp³-hybridized carbons (Fsp3) is 0.444. The summed E-state index contributed by atoms with van der Waals surface area (Å²) in [5, 5.41) is 0. The van der Waals surface area contributed by atoms with E-state index in [0.717, 1.165) is 31.9 Å². The molecule has 1 aromatic heterocycles. The Kier molecular flexibility index (Phi) is 3.23. The maximum absolute atomic E-state index is 5.49. The second kappa shape index (κ2) is 5.23. The molecule has 0 N–H and O–H groups in total. The van der Waals surface area contributed by atoms with Gasteiger partial charge < -0.3 is 9.32 Å². The first-order valence-electron chi connectivity index (χ1n) is 7.90. The van der Waals surface area contributed by atoms with Gasteiger partial charge in [-0.25, -0.2) is 0 Å². The van der Waals surface area contributed by atoms with Crippen molar-refractivity contribution in [2.45, 2.75) is 32.4 Å². The first-order valence-corrected chi connectivity index (χ1v) is 7.90. The molecule has 2 aromatic rings. The summed E-state index contributed by atoms with van der Waals surface area (Å²) >= 11 is 0. The fourth-order valence-corrected chi connectivity index (χ4v) is 3.77. The van der Waals surface area contributed by atoms with Gasteiger partial charge in [-0.1, -0.05) is 17.7 Å². The molecule has 2 aliphatic rings. The van der Waals surface area contributed by atoms with Crippen LogP contribution in [-0.2, 0) is 13.0 Å². The Balaban J connectivity index is 1.50. The molecule has 0 aliphatic carbocycles. The molecular formula is C18H22N2O. The van der Waals surface area contributed by atoms with Crippen LogP contribution in [0.2, 0.25) is 0 Å². The molecule has 0 saturated carbocycles. The summed E-state index contributed by atoms with van der Waals surface area (Å²) in [6.07, 6.45) is 4.25. The summed E-state index contributed by atoms with van der Waals surface area (Å²) < 4.78 is 5.49. The monoisotopic (exact) mass is 282 g/mol. The van der Waals surface area contributed by atoms with Crippen LogP contribution in [0, 0.1) is 6.92 Å². The SMILES string of the molecule is Cc1ccc2c(c1)CCC1CN(Cc3ccco3)CCN21. The van der Waals surface area contributed by atoms with Crippen molar-refractivity contribution in [1.29, 1.82) is 0 Å². The molecule has 1 fully saturated rings. The van der Waals surface area contributed by atoms with E-state index in [1.165, 1.54) is 29.7 Å². The summed E-state index contributed by atoms with van der Waals surface area (Å²) in [6.45, 7) is 6.52. The highest BCUT2D eigenvalue weighted by Gasteiger charge is 2.31. The van der Waals surface area contributed by atoms with Crippen molar-refractivity contribution in [2.24, 2.45) is 0 Å². The number of anilines is 1. The molecule has 0 bridgehead atoms. The molecule has 3 nitrogen and oxygen atoms in total. The lowest BCUT2D eigenvalue weighted by atomic mass is 9.92. The number of fused-ring (bicyclic) bond motifs is 3. The van der Waals surface area contributed by atoms with Gasteiger partial charge in [-0.15, -0.1) is 0 Å².